The van der Waals surface area contributed by atoms with Gasteiger partial charge >= 0.3 is 5.97 Å². The number of rotatable bonds is 2. The minimum absolute atomic E-state index is 0.0383. The maximum absolute atomic E-state index is 14.8. The zero-order valence-corrected chi connectivity index (χ0v) is 9.60. The molecular weight excluding hydrogens is 231 g/mol. The second-order valence-electron chi connectivity index (χ2n) is 4.33. The fourth-order valence-corrected chi connectivity index (χ4v) is 2.23. The fourth-order valence-electron chi connectivity index (χ4n) is 2.23. The SMILES string of the molecule is O=C1OC(F)(Cc2ccccc2)c2ccccc21. The third kappa shape index (κ3) is 1.68. The van der Waals surface area contributed by atoms with Crippen molar-refractivity contribution in [1.29, 1.82) is 0 Å². The molecule has 3 rings (SSSR count). The second-order valence-corrected chi connectivity index (χ2v) is 4.33. The van der Waals surface area contributed by atoms with Gasteiger partial charge in [0.1, 0.15) is 0 Å². The van der Waals surface area contributed by atoms with Crippen LogP contribution in [0.5, 0.6) is 0 Å². The molecule has 0 amide bonds. The van der Waals surface area contributed by atoms with E-state index in [4.69, 9.17) is 4.74 Å². The zero-order valence-electron chi connectivity index (χ0n) is 9.60. The number of hydrogen-bond donors (Lipinski definition) is 0. The van der Waals surface area contributed by atoms with E-state index in [0.29, 0.717) is 11.1 Å². The van der Waals surface area contributed by atoms with Crippen molar-refractivity contribution >= 4 is 5.97 Å². The fraction of sp³-hybridized carbons (Fsp3) is 0.133. The Morgan fingerprint density at radius 1 is 1.00 bits per heavy atom. The molecule has 0 spiro atoms. The van der Waals surface area contributed by atoms with Crippen molar-refractivity contribution in [3.63, 3.8) is 0 Å². The zero-order chi connectivity index (χ0) is 12.6. The smallest absolute Gasteiger partial charge is 0.341 e. The molecule has 2 aromatic carbocycles. The summed E-state index contributed by atoms with van der Waals surface area (Å²) < 4.78 is 19.7. The molecule has 0 aliphatic carbocycles. The van der Waals surface area contributed by atoms with Gasteiger partial charge in [0.25, 0.3) is 5.85 Å². The number of ether oxygens (including phenoxy) is 1. The van der Waals surface area contributed by atoms with Crippen LogP contribution >= 0.6 is 0 Å². The Balaban J connectivity index is 2.00. The van der Waals surface area contributed by atoms with Gasteiger partial charge in [0, 0.05) is 12.0 Å². The quantitative estimate of drug-likeness (QED) is 0.756. The Bertz CT molecular complexity index is 594. The Morgan fingerprint density at radius 3 is 2.44 bits per heavy atom. The Labute approximate surface area is 104 Å². The van der Waals surface area contributed by atoms with Crippen LogP contribution in [0.15, 0.2) is 54.6 Å². The van der Waals surface area contributed by atoms with Gasteiger partial charge in [0.05, 0.1) is 5.56 Å². The van der Waals surface area contributed by atoms with E-state index in [0.717, 1.165) is 5.56 Å². The van der Waals surface area contributed by atoms with E-state index >= 15 is 0 Å². The molecule has 1 unspecified atom stereocenters. The lowest BCUT2D eigenvalue weighted by Crippen LogP contribution is -2.23. The topological polar surface area (TPSA) is 26.3 Å². The lowest BCUT2D eigenvalue weighted by molar-refractivity contribution is -0.0967. The summed E-state index contributed by atoms with van der Waals surface area (Å²) in [6, 6.07) is 15.8. The number of benzene rings is 2. The third-order valence-electron chi connectivity index (χ3n) is 3.08. The normalized spacial score (nSPS) is 21.5. The number of esters is 1. The van der Waals surface area contributed by atoms with Crippen LogP contribution < -0.4 is 0 Å². The average Bonchev–Trinajstić information content (AvgIpc) is 2.63. The van der Waals surface area contributed by atoms with Crippen molar-refractivity contribution in [1.82, 2.24) is 0 Å². The van der Waals surface area contributed by atoms with Crippen LogP contribution in [-0.2, 0) is 17.0 Å². The van der Waals surface area contributed by atoms with Gasteiger partial charge in [-0.25, -0.2) is 4.79 Å². The standard InChI is InChI=1S/C15H11FO2/c16-15(10-11-6-2-1-3-7-11)13-9-5-4-8-12(13)14(17)18-15/h1-9H,10H2. The molecule has 0 saturated carbocycles. The lowest BCUT2D eigenvalue weighted by atomic mass is 9.97. The highest BCUT2D eigenvalue weighted by molar-refractivity contribution is 5.94. The monoisotopic (exact) mass is 242 g/mol. The molecule has 1 aliphatic rings. The van der Waals surface area contributed by atoms with E-state index in [2.05, 4.69) is 0 Å². The first-order chi connectivity index (χ1) is 8.69. The Hall–Kier alpha value is -2.16. The lowest BCUT2D eigenvalue weighted by Gasteiger charge is -2.19. The summed E-state index contributed by atoms with van der Waals surface area (Å²) >= 11 is 0. The highest BCUT2D eigenvalue weighted by Gasteiger charge is 2.45. The van der Waals surface area contributed by atoms with Crippen molar-refractivity contribution in [2.45, 2.75) is 12.3 Å². The highest BCUT2D eigenvalue weighted by Crippen LogP contribution is 2.40. The van der Waals surface area contributed by atoms with Gasteiger partial charge in [-0.1, -0.05) is 48.5 Å². The molecule has 90 valence electrons. The molecule has 1 aliphatic heterocycles. The third-order valence-corrected chi connectivity index (χ3v) is 3.08. The number of halogens is 1. The summed E-state index contributed by atoms with van der Waals surface area (Å²) in [6.45, 7) is 0. The molecule has 0 radical (unpaired) electrons. The number of carbonyl (C=O) groups excluding carboxylic acids is 1. The molecule has 2 nitrogen and oxygen atoms in total. The van der Waals surface area contributed by atoms with E-state index in [1.807, 2.05) is 30.3 Å². The van der Waals surface area contributed by atoms with Crippen LogP contribution in [0.1, 0.15) is 21.5 Å². The molecule has 18 heavy (non-hydrogen) atoms. The minimum Gasteiger partial charge on any atom is -0.420 e. The highest BCUT2D eigenvalue weighted by atomic mass is 19.2. The minimum atomic E-state index is -2.05. The van der Waals surface area contributed by atoms with Gasteiger partial charge in [0.2, 0.25) is 0 Å². The summed E-state index contributed by atoms with van der Waals surface area (Å²) in [7, 11) is 0. The first-order valence-corrected chi connectivity index (χ1v) is 5.75. The second kappa shape index (κ2) is 3.95. The predicted octanol–water partition coefficient (Wildman–Crippen LogP) is 3.22. The van der Waals surface area contributed by atoms with E-state index in [1.165, 1.54) is 0 Å². The van der Waals surface area contributed by atoms with Crippen LogP contribution in [0.4, 0.5) is 4.39 Å². The molecule has 0 N–H and O–H groups in total. The van der Waals surface area contributed by atoms with Gasteiger partial charge < -0.3 is 4.74 Å². The summed E-state index contributed by atoms with van der Waals surface area (Å²) in [5, 5.41) is 0. The number of alkyl halides is 1. The summed E-state index contributed by atoms with van der Waals surface area (Å²) in [4.78, 5) is 11.6. The molecule has 0 fully saturated rings. The number of hydrogen-bond acceptors (Lipinski definition) is 2. The van der Waals surface area contributed by atoms with Crippen molar-refractivity contribution in [3.8, 4) is 0 Å². The summed E-state index contributed by atoms with van der Waals surface area (Å²) in [5.74, 6) is -2.64. The van der Waals surface area contributed by atoms with Gasteiger partial charge in [-0.3, -0.25) is 0 Å². The number of fused-ring (bicyclic) bond motifs is 1. The molecule has 0 aromatic heterocycles. The van der Waals surface area contributed by atoms with Crippen LogP contribution in [0.3, 0.4) is 0 Å². The Kier molecular flexibility index (Phi) is 2.40. The molecule has 2 aromatic rings. The van der Waals surface area contributed by atoms with Crippen LogP contribution in [0.25, 0.3) is 0 Å². The van der Waals surface area contributed by atoms with Gasteiger partial charge in [0.15, 0.2) is 0 Å². The molecular formula is C15H11FO2. The number of carbonyl (C=O) groups is 1. The van der Waals surface area contributed by atoms with Crippen molar-refractivity contribution in [2.24, 2.45) is 0 Å². The van der Waals surface area contributed by atoms with Crippen LogP contribution in [0, 0.1) is 0 Å². The van der Waals surface area contributed by atoms with E-state index in [1.54, 1.807) is 24.3 Å². The Morgan fingerprint density at radius 2 is 1.67 bits per heavy atom. The van der Waals surface area contributed by atoms with Gasteiger partial charge in [-0.05, 0) is 11.6 Å². The largest absolute Gasteiger partial charge is 0.420 e. The maximum Gasteiger partial charge on any atom is 0.341 e. The first kappa shape index (κ1) is 11.0. The van der Waals surface area contributed by atoms with Crippen LogP contribution in [0.2, 0.25) is 0 Å². The molecule has 3 heteroatoms. The summed E-state index contributed by atoms with van der Waals surface area (Å²) in [6.07, 6.45) is 0.0383. The van der Waals surface area contributed by atoms with Gasteiger partial charge in [-0.15, -0.1) is 0 Å². The predicted molar refractivity (Wildman–Crippen MR) is 64.8 cm³/mol. The molecule has 1 atom stereocenters. The van der Waals surface area contributed by atoms with Gasteiger partial charge in [-0.2, -0.15) is 4.39 Å². The maximum atomic E-state index is 14.8. The molecule has 1 heterocycles. The van der Waals surface area contributed by atoms with E-state index < -0.39 is 11.8 Å². The molecule has 0 bridgehead atoms. The molecule has 0 saturated heterocycles. The first-order valence-electron chi connectivity index (χ1n) is 5.75. The van der Waals surface area contributed by atoms with Crippen molar-refractivity contribution < 1.29 is 13.9 Å². The van der Waals surface area contributed by atoms with E-state index in [9.17, 15) is 9.18 Å². The van der Waals surface area contributed by atoms with Crippen molar-refractivity contribution in [2.75, 3.05) is 0 Å². The number of cyclic esters (lactones) is 1. The van der Waals surface area contributed by atoms with Crippen molar-refractivity contribution in [3.05, 3.63) is 71.3 Å². The van der Waals surface area contributed by atoms with E-state index in [-0.39, 0.29) is 6.42 Å². The average molecular weight is 242 g/mol. The van der Waals surface area contributed by atoms with Crippen LogP contribution in [-0.4, -0.2) is 5.97 Å². The summed E-state index contributed by atoms with van der Waals surface area (Å²) in [5.41, 5.74) is 1.43.